The van der Waals surface area contributed by atoms with Gasteiger partial charge in [0.1, 0.15) is 35.9 Å². The summed E-state index contributed by atoms with van der Waals surface area (Å²) < 4.78 is 31.0. The number of rotatable bonds is 7. The van der Waals surface area contributed by atoms with E-state index in [9.17, 15) is 9.18 Å². The Morgan fingerprint density at radius 1 is 1.19 bits per heavy atom. The van der Waals surface area contributed by atoms with Crippen LogP contribution in [-0.2, 0) is 16.1 Å². The molecule has 1 N–H and O–H groups in total. The van der Waals surface area contributed by atoms with Crippen LogP contribution in [0.25, 0.3) is 0 Å². The summed E-state index contributed by atoms with van der Waals surface area (Å²) in [6, 6.07) is 10.3. The van der Waals surface area contributed by atoms with Gasteiger partial charge >= 0.3 is 5.97 Å². The zero-order valence-electron chi connectivity index (χ0n) is 15.8. The predicted molar refractivity (Wildman–Crippen MR) is 106 cm³/mol. The lowest BCUT2D eigenvalue weighted by Gasteiger charge is -2.20. The fourth-order valence-electron chi connectivity index (χ4n) is 2.26. The Balaban J connectivity index is 2.09. The zero-order valence-corrected chi connectivity index (χ0v) is 17.4. The first kappa shape index (κ1) is 21.0. The van der Waals surface area contributed by atoms with Crippen molar-refractivity contribution in [1.82, 2.24) is 0 Å². The Morgan fingerprint density at radius 2 is 1.85 bits per heavy atom. The summed E-state index contributed by atoms with van der Waals surface area (Å²) in [7, 11) is 1.60. The monoisotopic (exact) mass is 439 g/mol. The number of halogens is 2. The van der Waals surface area contributed by atoms with Crippen molar-refractivity contribution in [3.63, 3.8) is 0 Å². The van der Waals surface area contributed by atoms with Crippen LogP contribution in [-0.4, -0.2) is 25.2 Å². The van der Waals surface area contributed by atoms with E-state index in [1.165, 1.54) is 6.07 Å². The number of nitrogens with one attached hydrogen (secondary N) is 1. The van der Waals surface area contributed by atoms with Gasteiger partial charge in [0.25, 0.3) is 0 Å². The first-order valence-electron chi connectivity index (χ1n) is 8.38. The number of hydrogen-bond acceptors (Lipinski definition) is 5. The molecule has 0 aliphatic carbocycles. The van der Waals surface area contributed by atoms with Gasteiger partial charge in [-0.1, -0.05) is 28.1 Å². The lowest BCUT2D eigenvalue weighted by molar-refractivity contribution is -0.152. The molecule has 0 unspecified atom stereocenters. The van der Waals surface area contributed by atoms with Crippen molar-refractivity contribution in [2.75, 3.05) is 19.0 Å². The molecule has 0 radical (unpaired) electrons. The smallest absolute Gasteiger partial charge is 0.325 e. The second kappa shape index (κ2) is 9.08. The minimum Gasteiger partial charge on any atom is -0.497 e. The van der Waals surface area contributed by atoms with Crippen LogP contribution in [0, 0.1) is 5.82 Å². The van der Waals surface area contributed by atoms with Gasteiger partial charge in [-0.2, -0.15) is 0 Å². The Labute approximate surface area is 166 Å². The Bertz CT molecular complexity index is 788. The quantitative estimate of drug-likeness (QED) is 0.619. The van der Waals surface area contributed by atoms with Crippen molar-refractivity contribution in [3.8, 4) is 11.5 Å². The van der Waals surface area contributed by atoms with E-state index >= 15 is 0 Å². The summed E-state index contributed by atoms with van der Waals surface area (Å²) in [5.41, 5.74) is 0.400. The largest absolute Gasteiger partial charge is 0.497 e. The highest BCUT2D eigenvalue weighted by Crippen LogP contribution is 2.32. The van der Waals surface area contributed by atoms with E-state index in [0.717, 1.165) is 11.3 Å². The van der Waals surface area contributed by atoms with Gasteiger partial charge in [0, 0.05) is 4.47 Å². The predicted octanol–water partition coefficient (Wildman–Crippen LogP) is 4.93. The summed E-state index contributed by atoms with van der Waals surface area (Å²) in [5.74, 6) is 0.0248. The van der Waals surface area contributed by atoms with E-state index in [0.29, 0.717) is 10.2 Å². The molecule has 0 heterocycles. The van der Waals surface area contributed by atoms with Crippen molar-refractivity contribution in [2.45, 2.75) is 33.0 Å². The fourth-order valence-corrected chi connectivity index (χ4v) is 2.67. The van der Waals surface area contributed by atoms with Crippen LogP contribution >= 0.6 is 15.9 Å². The van der Waals surface area contributed by atoms with Crippen molar-refractivity contribution in [3.05, 3.63) is 52.3 Å². The third kappa shape index (κ3) is 6.75. The van der Waals surface area contributed by atoms with Gasteiger partial charge in [0.05, 0.1) is 7.11 Å². The molecule has 0 amide bonds. The first-order valence-corrected chi connectivity index (χ1v) is 9.18. The molecule has 0 aliphatic rings. The molecule has 0 spiro atoms. The molecule has 27 heavy (non-hydrogen) atoms. The minimum absolute atomic E-state index is 0.109. The number of hydrogen-bond donors (Lipinski definition) is 1. The van der Waals surface area contributed by atoms with Gasteiger partial charge in [0.15, 0.2) is 5.82 Å². The maximum atomic E-state index is 14.4. The van der Waals surface area contributed by atoms with Crippen LogP contribution in [0.1, 0.15) is 26.3 Å². The first-order chi connectivity index (χ1) is 12.7. The molecule has 0 saturated carbocycles. The molecule has 2 aromatic rings. The molecule has 5 nitrogen and oxygen atoms in total. The van der Waals surface area contributed by atoms with Crippen LogP contribution in [0.3, 0.4) is 0 Å². The average Bonchev–Trinajstić information content (AvgIpc) is 2.57. The second-order valence-corrected chi connectivity index (χ2v) is 7.75. The highest BCUT2D eigenvalue weighted by atomic mass is 79.9. The average molecular weight is 440 g/mol. The molecule has 7 heteroatoms. The van der Waals surface area contributed by atoms with Crippen molar-refractivity contribution < 1.29 is 23.4 Å². The molecular formula is C20H23BrFNO4. The fraction of sp³-hybridized carbons (Fsp3) is 0.350. The topological polar surface area (TPSA) is 56.8 Å². The number of methoxy groups -OCH3 is 1. The number of ether oxygens (including phenoxy) is 3. The van der Waals surface area contributed by atoms with Crippen molar-refractivity contribution in [1.29, 1.82) is 0 Å². The standard InChI is InChI=1S/C20H23BrFNO4/c1-20(2,3)27-18(24)11-23-19-16(22)9-14(21)10-17(19)26-12-13-5-7-15(25-4)8-6-13/h5-10,23H,11-12H2,1-4H3. The van der Waals surface area contributed by atoms with E-state index in [-0.39, 0.29) is 18.8 Å². The van der Waals surface area contributed by atoms with E-state index in [2.05, 4.69) is 21.2 Å². The van der Waals surface area contributed by atoms with Crippen LogP contribution in [0.15, 0.2) is 40.9 Å². The highest BCUT2D eigenvalue weighted by molar-refractivity contribution is 9.10. The molecule has 2 aromatic carbocycles. The number of carbonyl (C=O) groups excluding carboxylic acids is 1. The normalized spacial score (nSPS) is 11.0. The van der Waals surface area contributed by atoms with E-state index in [1.807, 2.05) is 24.3 Å². The molecule has 0 aromatic heterocycles. The minimum atomic E-state index is -0.606. The molecule has 0 aliphatic heterocycles. The van der Waals surface area contributed by atoms with Crippen molar-refractivity contribution in [2.24, 2.45) is 0 Å². The summed E-state index contributed by atoms with van der Waals surface area (Å²) in [6.45, 7) is 5.38. The number of esters is 1. The van der Waals surface area contributed by atoms with Crippen molar-refractivity contribution >= 4 is 27.6 Å². The summed E-state index contributed by atoms with van der Waals surface area (Å²) >= 11 is 3.26. The van der Waals surface area contributed by atoms with Gasteiger partial charge in [-0.15, -0.1) is 0 Å². The summed E-state index contributed by atoms with van der Waals surface area (Å²) in [6.07, 6.45) is 0. The van der Waals surface area contributed by atoms with Gasteiger partial charge in [-0.05, 0) is 50.6 Å². The number of carbonyl (C=O) groups is 1. The van der Waals surface area contributed by atoms with E-state index in [4.69, 9.17) is 14.2 Å². The Hall–Kier alpha value is -2.28. The summed E-state index contributed by atoms with van der Waals surface area (Å²) in [4.78, 5) is 11.9. The number of benzene rings is 2. The third-order valence-electron chi connectivity index (χ3n) is 3.40. The Kier molecular flexibility index (Phi) is 7.07. The number of anilines is 1. The molecular weight excluding hydrogens is 417 g/mol. The molecule has 146 valence electrons. The van der Waals surface area contributed by atoms with Gasteiger partial charge in [-0.25, -0.2) is 4.39 Å². The van der Waals surface area contributed by atoms with Gasteiger partial charge in [-0.3, -0.25) is 4.79 Å². The molecule has 0 saturated heterocycles. The highest BCUT2D eigenvalue weighted by Gasteiger charge is 2.18. The third-order valence-corrected chi connectivity index (χ3v) is 3.86. The summed E-state index contributed by atoms with van der Waals surface area (Å²) in [5, 5.41) is 2.77. The van der Waals surface area contributed by atoms with Crippen LogP contribution in [0.4, 0.5) is 10.1 Å². The van der Waals surface area contributed by atoms with Crippen LogP contribution < -0.4 is 14.8 Å². The second-order valence-electron chi connectivity index (χ2n) is 6.84. The molecule has 0 atom stereocenters. The maximum Gasteiger partial charge on any atom is 0.325 e. The van der Waals surface area contributed by atoms with Crippen LogP contribution in [0.2, 0.25) is 0 Å². The van der Waals surface area contributed by atoms with Gasteiger partial charge < -0.3 is 19.5 Å². The zero-order chi connectivity index (χ0) is 20.0. The SMILES string of the molecule is COc1ccc(COc2cc(Br)cc(F)c2NCC(=O)OC(C)(C)C)cc1. The van der Waals surface area contributed by atoms with E-state index < -0.39 is 17.4 Å². The molecule has 0 fully saturated rings. The van der Waals surface area contributed by atoms with E-state index in [1.54, 1.807) is 33.9 Å². The maximum absolute atomic E-state index is 14.4. The lowest BCUT2D eigenvalue weighted by atomic mass is 10.2. The Morgan fingerprint density at radius 3 is 2.44 bits per heavy atom. The molecule has 0 bridgehead atoms. The van der Waals surface area contributed by atoms with Gasteiger partial charge in [0.2, 0.25) is 0 Å². The van der Waals surface area contributed by atoms with Crippen LogP contribution in [0.5, 0.6) is 11.5 Å². The molecule has 2 rings (SSSR count). The lowest BCUT2D eigenvalue weighted by Crippen LogP contribution is -2.28.